The van der Waals surface area contributed by atoms with Crippen molar-refractivity contribution in [2.24, 2.45) is 0 Å². The molecule has 0 saturated carbocycles. The van der Waals surface area contributed by atoms with Crippen LogP contribution < -0.4 is 4.73 Å². The van der Waals surface area contributed by atoms with Crippen molar-refractivity contribution in [2.75, 3.05) is 0 Å². The van der Waals surface area contributed by atoms with Gasteiger partial charge in [0.15, 0.2) is 11.9 Å². The molecule has 3 heteroatoms. The van der Waals surface area contributed by atoms with Gasteiger partial charge in [0.05, 0.1) is 0 Å². The quantitative estimate of drug-likeness (QED) is 0.592. The lowest BCUT2D eigenvalue weighted by atomic mass is 10.1. The molecule has 0 radical (unpaired) electrons. The van der Waals surface area contributed by atoms with Gasteiger partial charge in [-0.1, -0.05) is 29.8 Å². The minimum atomic E-state index is 0.727. The third-order valence-corrected chi connectivity index (χ3v) is 2.70. The van der Waals surface area contributed by atoms with Crippen molar-refractivity contribution in [2.45, 2.75) is 12.8 Å². The monoisotopic (exact) mass is 233 g/mol. The Balaban J connectivity index is 2.05. The number of benzene rings is 1. The Morgan fingerprint density at radius 2 is 1.94 bits per heavy atom. The summed E-state index contributed by atoms with van der Waals surface area (Å²) in [6.07, 6.45) is 3.07. The molecule has 0 N–H and O–H groups in total. The first-order chi connectivity index (χ1) is 7.75. The Labute approximate surface area is 99.7 Å². The van der Waals surface area contributed by atoms with Crippen molar-refractivity contribution in [3.63, 3.8) is 0 Å². The Morgan fingerprint density at radius 3 is 2.69 bits per heavy atom. The van der Waals surface area contributed by atoms with E-state index in [0.717, 1.165) is 33.9 Å². The van der Waals surface area contributed by atoms with Crippen LogP contribution in [0, 0.1) is 5.21 Å². The number of rotatable bonds is 3. The summed E-state index contributed by atoms with van der Waals surface area (Å²) >= 11 is 5.89. The highest BCUT2D eigenvalue weighted by Gasteiger charge is 2.03. The normalized spacial score (nSPS) is 10.3. The van der Waals surface area contributed by atoms with Gasteiger partial charge in [0, 0.05) is 23.6 Å². The number of halogens is 1. The largest absolute Gasteiger partial charge is 0.619 e. The maximum Gasteiger partial charge on any atom is 0.193 e. The molecule has 1 aromatic carbocycles. The van der Waals surface area contributed by atoms with Crippen molar-refractivity contribution < 1.29 is 4.73 Å². The second kappa shape index (κ2) is 4.99. The summed E-state index contributed by atoms with van der Waals surface area (Å²) in [4.78, 5) is 0. The van der Waals surface area contributed by atoms with Crippen LogP contribution in [-0.2, 0) is 12.8 Å². The first kappa shape index (κ1) is 11.0. The zero-order valence-electron chi connectivity index (χ0n) is 8.77. The molecule has 1 aromatic heterocycles. The molecule has 0 fully saturated rings. The van der Waals surface area contributed by atoms with Gasteiger partial charge < -0.3 is 5.21 Å². The number of pyridine rings is 1. The van der Waals surface area contributed by atoms with E-state index in [9.17, 15) is 5.21 Å². The molecule has 0 aliphatic heterocycles. The molecule has 2 aromatic rings. The SMILES string of the molecule is [O-][n+]1ccccc1CCc1cccc(Cl)c1. The molecule has 16 heavy (non-hydrogen) atoms. The number of aryl methyl sites for hydroxylation is 2. The fourth-order valence-corrected chi connectivity index (χ4v) is 1.83. The lowest BCUT2D eigenvalue weighted by Gasteiger charge is -2.04. The van der Waals surface area contributed by atoms with Crippen LogP contribution in [0.3, 0.4) is 0 Å². The van der Waals surface area contributed by atoms with E-state index in [1.807, 2.05) is 36.4 Å². The van der Waals surface area contributed by atoms with Gasteiger partial charge in [-0.3, -0.25) is 0 Å². The molecule has 2 nitrogen and oxygen atoms in total. The summed E-state index contributed by atoms with van der Waals surface area (Å²) in [5.74, 6) is 0. The van der Waals surface area contributed by atoms with E-state index in [1.54, 1.807) is 6.07 Å². The van der Waals surface area contributed by atoms with Gasteiger partial charge in [0.25, 0.3) is 0 Å². The smallest absolute Gasteiger partial charge is 0.193 e. The molecule has 0 amide bonds. The second-order valence-corrected chi connectivity index (χ2v) is 4.08. The predicted octanol–water partition coefficient (Wildman–Crippen LogP) is 2.76. The van der Waals surface area contributed by atoms with Crippen LogP contribution in [-0.4, -0.2) is 0 Å². The fourth-order valence-electron chi connectivity index (χ4n) is 1.62. The average Bonchev–Trinajstić information content (AvgIpc) is 2.28. The van der Waals surface area contributed by atoms with Gasteiger partial charge in [-0.05, 0) is 24.1 Å². The third kappa shape index (κ3) is 2.74. The standard InChI is InChI=1S/C13H12ClNO/c14-12-5-3-4-11(10-12)7-8-13-6-1-2-9-15(13)16/h1-6,9-10H,7-8H2. The molecule has 0 spiro atoms. The molecular weight excluding hydrogens is 222 g/mol. The van der Waals surface area contributed by atoms with E-state index in [-0.39, 0.29) is 0 Å². The number of nitrogens with zero attached hydrogens (tertiary/aromatic N) is 1. The summed E-state index contributed by atoms with van der Waals surface area (Å²) in [5.41, 5.74) is 1.93. The Hall–Kier alpha value is -1.54. The Morgan fingerprint density at radius 1 is 1.06 bits per heavy atom. The van der Waals surface area contributed by atoms with E-state index in [0.29, 0.717) is 0 Å². The highest BCUT2D eigenvalue weighted by Crippen LogP contribution is 2.12. The first-order valence-electron chi connectivity index (χ1n) is 5.17. The maximum atomic E-state index is 11.4. The van der Waals surface area contributed by atoms with E-state index >= 15 is 0 Å². The molecule has 1 heterocycles. The van der Waals surface area contributed by atoms with Gasteiger partial charge in [0.2, 0.25) is 0 Å². The van der Waals surface area contributed by atoms with Crippen molar-refractivity contribution in [3.05, 3.63) is 70.1 Å². The van der Waals surface area contributed by atoms with E-state index < -0.39 is 0 Å². The summed E-state index contributed by atoms with van der Waals surface area (Å²) < 4.78 is 0.907. The molecule has 0 unspecified atom stereocenters. The second-order valence-electron chi connectivity index (χ2n) is 3.65. The van der Waals surface area contributed by atoms with E-state index in [2.05, 4.69) is 0 Å². The van der Waals surface area contributed by atoms with Gasteiger partial charge in [0.1, 0.15) is 0 Å². The molecule has 0 atom stereocenters. The minimum Gasteiger partial charge on any atom is -0.619 e. The maximum absolute atomic E-state index is 11.4. The number of hydrogen-bond acceptors (Lipinski definition) is 1. The van der Waals surface area contributed by atoms with E-state index in [4.69, 9.17) is 11.6 Å². The van der Waals surface area contributed by atoms with Crippen molar-refractivity contribution in [1.29, 1.82) is 0 Å². The van der Waals surface area contributed by atoms with Crippen molar-refractivity contribution in [1.82, 2.24) is 0 Å². The van der Waals surface area contributed by atoms with Crippen LogP contribution in [0.2, 0.25) is 5.02 Å². The van der Waals surface area contributed by atoms with Gasteiger partial charge in [-0.15, -0.1) is 0 Å². The van der Waals surface area contributed by atoms with Gasteiger partial charge in [-0.25, -0.2) is 0 Å². The number of aromatic nitrogens is 1. The number of hydrogen-bond donors (Lipinski definition) is 0. The van der Waals surface area contributed by atoms with Gasteiger partial charge in [-0.2, -0.15) is 4.73 Å². The van der Waals surface area contributed by atoms with Crippen LogP contribution in [0.5, 0.6) is 0 Å². The zero-order chi connectivity index (χ0) is 11.4. The first-order valence-corrected chi connectivity index (χ1v) is 5.55. The van der Waals surface area contributed by atoms with Crippen LogP contribution in [0.4, 0.5) is 0 Å². The Bertz CT molecular complexity index is 485. The third-order valence-electron chi connectivity index (χ3n) is 2.46. The summed E-state index contributed by atoms with van der Waals surface area (Å²) in [6.45, 7) is 0. The molecule has 0 saturated heterocycles. The summed E-state index contributed by atoms with van der Waals surface area (Å²) in [7, 11) is 0. The van der Waals surface area contributed by atoms with Crippen LogP contribution in [0.15, 0.2) is 48.7 Å². The lowest BCUT2D eigenvalue weighted by molar-refractivity contribution is -0.614. The van der Waals surface area contributed by atoms with Crippen LogP contribution >= 0.6 is 11.6 Å². The molecular formula is C13H12ClNO. The van der Waals surface area contributed by atoms with Crippen LogP contribution in [0.1, 0.15) is 11.3 Å². The predicted molar refractivity (Wildman–Crippen MR) is 64.3 cm³/mol. The van der Waals surface area contributed by atoms with Crippen molar-refractivity contribution in [3.8, 4) is 0 Å². The zero-order valence-corrected chi connectivity index (χ0v) is 9.52. The molecule has 0 aliphatic rings. The highest BCUT2D eigenvalue weighted by molar-refractivity contribution is 6.30. The summed E-state index contributed by atoms with van der Waals surface area (Å²) in [5, 5.41) is 12.1. The van der Waals surface area contributed by atoms with E-state index in [1.165, 1.54) is 6.20 Å². The highest BCUT2D eigenvalue weighted by atomic mass is 35.5. The minimum absolute atomic E-state index is 0.727. The van der Waals surface area contributed by atoms with Gasteiger partial charge >= 0.3 is 0 Å². The van der Waals surface area contributed by atoms with Crippen molar-refractivity contribution >= 4 is 11.6 Å². The average molecular weight is 234 g/mol. The topological polar surface area (TPSA) is 26.9 Å². The molecule has 0 bridgehead atoms. The Kier molecular flexibility index (Phi) is 3.42. The fraction of sp³-hybridized carbons (Fsp3) is 0.154. The molecule has 82 valence electrons. The summed E-state index contributed by atoms with van der Waals surface area (Å²) in [6, 6.07) is 13.2. The molecule has 2 rings (SSSR count). The lowest BCUT2D eigenvalue weighted by Crippen LogP contribution is -2.31. The molecule has 0 aliphatic carbocycles. The van der Waals surface area contributed by atoms with Crippen LogP contribution in [0.25, 0.3) is 0 Å².